The second kappa shape index (κ2) is 27.2. The van der Waals surface area contributed by atoms with Crippen LogP contribution < -0.4 is 9.47 Å². The SMILES string of the molecule is CCC(C)(C)Oc1ccc(Sc2ccc(Oc3ccc(S(=O)(=O)c4ccc(C(C)(CC)C(C)(CC)Sc5ccc(-c6ccc(Sc7ccc(S(=O)(=O)c8ccc(C(C)(C)CC)c(S(=O)(=O)O)c8)cc7S(=O)(=O)O)cc6)cc5)c(S(=O)(=O)O)c4)cc3S(=O)(=O)O)cc2)cc1. The van der Waals surface area contributed by atoms with Crippen LogP contribution in [-0.4, -0.2) is 79.1 Å². The van der Waals surface area contributed by atoms with Crippen molar-refractivity contribution < 1.29 is 78.2 Å². The zero-order chi connectivity index (χ0) is 68.7. The van der Waals surface area contributed by atoms with E-state index >= 15 is 0 Å². The molecule has 0 aliphatic carbocycles. The smallest absolute Gasteiger partial charge is 0.298 e. The largest absolute Gasteiger partial charge is 0.488 e. The molecule has 8 aromatic rings. The standard InChI is InChI=1S/C66H70O18S9/c1-11-63(5,6)55-35-31-51(39-59(55)90(71,72)73)89(69,70)54-34-38-58(62(42-54)93(80,81)82)86-49-23-15-43(16-24-49)44-17-25-50(26-18-44)87-66(10,14-4)65(9,13-3)56-36-32-52(40-60(56)91(74,75)76)88(67,68)53-33-37-57(61(41-53)92(77,78)79)83-45-19-27-47(28-20-45)85-48-29-21-46(22-30-48)84-64(7,8)12-2/h15-42H,11-14H2,1-10H3,(H,71,72,73)(H,74,75,76)(H,77,78,79)(H,80,81,82). The molecule has 0 aromatic heterocycles. The first-order chi connectivity index (χ1) is 43.1. The maximum absolute atomic E-state index is 14.4. The molecule has 93 heavy (non-hydrogen) atoms. The van der Waals surface area contributed by atoms with Crippen LogP contribution in [0.3, 0.4) is 0 Å². The molecule has 0 saturated heterocycles. The molecule has 0 saturated carbocycles. The summed E-state index contributed by atoms with van der Waals surface area (Å²) in [5, 5.41) is 0. The minimum atomic E-state index is -5.15. The summed E-state index contributed by atoms with van der Waals surface area (Å²) < 4.78 is 212. The number of thioether (sulfide) groups is 1. The van der Waals surface area contributed by atoms with Crippen molar-refractivity contribution in [2.45, 2.75) is 180 Å². The summed E-state index contributed by atoms with van der Waals surface area (Å²) in [7, 11) is -29.6. The normalized spacial score (nSPS) is 14.3. The molecule has 8 aromatic carbocycles. The highest BCUT2D eigenvalue weighted by atomic mass is 32.2. The van der Waals surface area contributed by atoms with Crippen molar-refractivity contribution in [1.82, 2.24) is 0 Å². The average molecular weight is 1440 g/mol. The van der Waals surface area contributed by atoms with Gasteiger partial charge in [0, 0.05) is 34.6 Å². The second-order valence-electron chi connectivity index (χ2n) is 23.6. The number of sulfone groups is 2. The molecule has 0 radical (unpaired) electrons. The number of ether oxygens (including phenoxy) is 2. The van der Waals surface area contributed by atoms with E-state index in [1.807, 2.05) is 97.0 Å². The Hall–Kier alpha value is -6.05. The van der Waals surface area contributed by atoms with Gasteiger partial charge in [-0.15, -0.1) is 11.8 Å². The molecular formula is C66H70O18S9. The molecule has 27 heteroatoms. The van der Waals surface area contributed by atoms with Gasteiger partial charge in [-0.3, -0.25) is 18.2 Å². The van der Waals surface area contributed by atoms with Crippen molar-refractivity contribution in [3.8, 4) is 28.4 Å². The first-order valence-electron chi connectivity index (χ1n) is 28.9. The Bertz CT molecular complexity index is 4850. The molecule has 0 spiro atoms. The van der Waals surface area contributed by atoms with Gasteiger partial charge in [0.1, 0.15) is 32.6 Å². The second-order valence-corrected chi connectivity index (χ2v) is 36.9. The van der Waals surface area contributed by atoms with Crippen molar-refractivity contribution in [2.75, 3.05) is 0 Å². The van der Waals surface area contributed by atoms with Crippen molar-refractivity contribution in [1.29, 1.82) is 0 Å². The van der Waals surface area contributed by atoms with Crippen LogP contribution in [0.2, 0.25) is 0 Å². The van der Waals surface area contributed by atoms with Crippen LogP contribution in [-0.2, 0) is 71.0 Å². The van der Waals surface area contributed by atoms with E-state index in [0.29, 0.717) is 30.2 Å². The fourth-order valence-electron chi connectivity index (χ4n) is 10.2. The van der Waals surface area contributed by atoms with Crippen LogP contribution in [0.5, 0.6) is 17.2 Å². The van der Waals surface area contributed by atoms with E-state index in [0.717, 1.165) is 86.1 Å². The van der Waals surface area contributed by atoms with Gasteiger partial charge in [0.25, 0.3) is 40.5 Å². The van der Waals surface area contributed by atoms with Gasteiger partial charge in [0.2, 0.25) is 19.7 Å². The lowest BCUT2D eigenvalue weighted by atomic mass is 9.69. The number of hydrogen-bond acceptors (Lipinski definition) is 17. The zero-order valence-electron chi connectivity index (χ0n) is 52.2. The minimum Gasteiger partial charge on any atom is -0.488 e. The van der Waals surface area contributed by atoms with Crippen LogP contribution in [0.15, 0.2) is 233 Å². The first-order valence-corrected chi connectivity index (χ1v) is 40.1. The van der Waals surface area contributed by atoms with Crippen molar-refractivity contribution >= 4 is 95.4 Å². The molecular weight excluding hydrogens is 1370 g/mol. The average Bonchev–Trinajstić information content (AvgIpc) is 0.743. The molecule has 496 valence electrons. The Morgan fingerprint density at radius 3 is 1.20 bits per heavy atom. The van der Waals surface area contributed by atoms with Gasteiger partial charge >= 0.3 is 0 Å². The minimum absolute atomic E-state index is 0.0214. The monoisotopic (exact) mass is 1440 g/mol. The van der Waals surface area contributed by atoms with E-state index in [1.54, 1.807) is 69.3 Å². The highest BCUT2D eigenvalue weighted by molar-refractivity contribution is 8.01. The molecule has 0 amide bonds. The Morgan fingerprint density at radius 1 is 0.376 bits per heavy atom. The fraction of sp³-hybridized carbons (Fsp3) is 0.273. The van der Waals surface area contributed by atoms with Gasteiger partial charge in [-0.1, -0.05) is 108 Å². The molecule has 0 aliphatic rings. The molecule has 0 fully saturated rings. The van der Waals surface area contributed by atoms with E-state index < -0.39 is 121 Å². The Labute approximate surface area is 558 Å². The fourth-order valence-corrected chi connectivity index (χ4v) is 19.6. The van der Waals surface area contributed by atoms with Gasteiger partial charge in [-0.2, -0.15) is 33.7 Å². The van der Waals surface area contributed by atoms with Crippen molar-refractivity contribution in [3.05, 3.63) is 181 Å². The highest BCUT2D eigenvalue weighted by Crippen LogP contribution is 2.53. The molecule has 0 bridgehead atoms. The van der Waals surface area contributed by atoms with Crippen molar-refractivity contribution in [2.24, 2.45) is 0 Å². The van der Waals surface area contributed by atoms with Crippen LogP contribution in [0, 0.1) is 0 Å². The quantitative estimate of drug-likeness (QED) is 0.0289. The molecule has 0 heterocycles. The van der Waals surface area contributed by atoms with E-state index in [2.05, 4.69) is 0 Å². The zero-order valence-corrected chi connectivity index (χ0v) is 59.5. The highest BCUT2D eigenvalue weighted by Gasteiger charge is 2.47. The summed E-state index contributed by atoms with van der Waals surface area (Å²) in [6.45, 7) is 18.8. The summed E-state index contributed by atoms with van der Waals surface area (Å²) in [4.78, 5) is -2.23. The van der Waals surface area contributed by atoms with Gasteiger partial charge in [0.15, 0.2) is 0 Å². The lowest BCUT2D eigenvalue weighted by Crippen LogP contribution is -2.45. The van der Waals surface area contributed by atoms with E-state index in [-0.39, 0.29) is 27.4 Å². The summed E-state index contributed by atoms with van der Waals surface area (Å²) >= 11 is 3.81. The topological polar surface area (TPSA) is 304 Å². The van der Waals surface area contributed by atoms with Crippen LogP contribution in [0.4, 0.5) is 0 Å². The molecule has 18 nitrogen and oxygen atoms in total. The summed E-state index contributed by atoms with van der Waals surface area (Å²) in [6, 6.07) is 41.1. The molecule has 8 rings (SSSR count). The third kappa shape index (κ3) is 16.3. The lowest BCUT2D eigenvalue weighted by Gasteiger charge is -2.46. The van der Waals surface area contributed by atoms with E-state index in [9.17, 15) is 68.7 Å². The van der Waals surface area contributed by atoms with Crippen LogP contribution >= 0.6 is 35.3 Å². The summed E-state index contributed by atoms with van der Waals surface area (Å²) in [6.07, 6.45) is 2.01. The summed E-state index contributed by atoms with van der Waals surface area (Å²) in [5.41, 5.74) is -0.386. The molecule has 4 N–H and O–H groups in total. The lowest BCUT2D eigenvalue weighted by molar-refractivity contribution is 0.105. The number of benzene rings is 8. The van der Waals surface area contributed by atoms with Gasteiger partial charge in [-0.25, -0.2) is 16.8 Å². The predicted molar refractivity (Wildman–Crippen MR) is 360 cm³/mol. The summed E-state index contributed by atoms with van der Waals surface area (Å²) in [5.74, 6) is 0.501. The molecule has 2 atom stereocenters. The van der Waals surface area contributed by atoms with E-state index in [1.165, 1.54) is 53.9 Å². The van der Waals surface area contributed by atoms with Gasteiger partial charge in [0.05, 0.1) is 29.4 Å². The Kier molecular flexibility index (Phi) is 21.3. The Balaban J connectivity index is 0.992. The van der Waals surface area contributed by atoms with Crippen molar-refractivity contribution in [3.63, 3.8) is 0 Å². The van der Waals surface area contributed by atoms with Gasteiger partial charge in [-0.05, 0) is 208 Å². The van der Waals surface area contributed by atoms with Gasteiger partial charge < -0.3 is 9.47 Å². The maximum Gasteiger partial charge on any atom is 0.298 e. The third-order valence-electron chi connectivity index (χ3n) is 16.8. The third-order valence-corrected chi connectivity index (χ3v) is 27.8. The van der Waals surface area contributed by atoms with E-state index in [4.69, 9.17) is 9.47 Å². The van der Waals surface area contributed by atoms with Crippen LogP contribution in [0.1, 0.15) is 106 Å². The number of hydrogen-bond donors (Lipinski definition) is 4. The Morgan fingerprint density at radius 2 is 0.763 bits per heavy atom. The maximum atomic E-state index is 14.4. The number of rotatable bonds is 26. The molecule has 0 aliphatic heterocycles. The van der Waals surface area contributed by atoms with Crippen LogP contribution in [0.25, 0.3) is 11.1 Å². The predicted octanol–water partition coefficient (Wildman–Crippen LogP) is 16.0. The molecule has 2 unspecified atom stereocenters. The first kappa shape index (κ1) is 72.8.